The van der Waals surface area contributed by atoms with Crippen molar-refractivity contribution in [2.75, 3.05) is 0 Å². The Bertz CT molecular complexity index is 672. The maximum absolute atomic E-state index is 13.6. The van der Waals surface area contributed by atoms with Gasteiger partial charge in [0.1, 0.15) is 0 Å². The van der Waals surface area contributed by atoms with E-state index in [1.54, 1.807) is 0 Å². The van der Waals surface area contributed by atoms with Crippen molar-refractivity contribution in [1.29, 1.82) is 0 Å². The van der Waals surface area contributed by atoms with Gasteiger partial charge in [-0.2, -0.15) is 17.2 Å². The van der Waals surface area contributed by atoms with Gasteiger partial charge in [-0.3, -0.25) is 9.35 Å². The molecule has 1 rings (SSSR count). The SMILES string of the molecule is C=Cc1cc(C(N)CC(=O)O)ccc1C(F)(F)S(=O)(=O)O. The number of alkyl halides is 2. The van der Waals surface area contributed by atoms with Crippen molar-refractivity contribution in [2.24, 2.45) is 5.73 Å². The number of rotatable bonds is 6. The van der Waals surface area contributed by atoms with Crippen molar-refractivity contribution in [2.45, 2.75) is 17.7 Å². The average molecular weight is 321 g/mol. The lowest BCUT2D eigenvalue weighted by Gasteiger charge is -2.18. The molecule has 0 aliphatic rings. The van der Waals surface area contributed by atoms with Crippen LogP contribution in [0.5, 0.6) is 0 Å². The zero-order valence-electron chi connectivity index (χ0n) is 10.7. The second-order valence-corrected chi connectivity index (χ2v) is 5.71. The Labute approximate surface area is 119 Å². The van der Waals surface area contributed by atoms with E-state index in [0.29, 0.717) is 0 Å². The number of hydrogen-bond acceptors (Lipinski definition) is 4. The molecule has 9 heteroatoms. The van der Waals surface area contributed by atoms with Gasteiger partial charge >= 0.3 is 21.3 Å². The fourth-order valence-electron chi connectivity index (χ4n) is 1.69. The highest BCUT2D eigenvalue weighted by molar-refractivity contribution is 7.86. The summed E-state index contributed by atoms with van der Waals surface area (Å²) in [6, 6.07) is 2.00. The first-order valence-corrected chi connectivity index (χ1v) is 7.03. The molecule has 4 N–H and O–H groups in total. The first kappa shape index (κ1) is 17.2. The minimum Gasteiger partial charge on any atom is -0.481 e. The smallest absolute Gasteiger partial charge is 0.395 e. The summed E-state index contributed by atoms with van der Waals surface area (Å²) in [5.74, 6) is -1.17. The van der Waals surface area contributed by atoms with Gasteiger partial charge in [-0.15, -0.1) is 0 Å². The van der Waals surface area contributed by atoms with E-state index in [9.17, 15) is 22.0 Å². The molecule has 0 amide bonds. The third-order valence-corrected chi connectivity index (χ3v) is 3.62. The molecule has 0 fully saturated rings. The maximum atomic E-state index is 13.6. The number of carboxylic acids is 1. The third kappa shape index (κ3) is 3.63. The zero-order valence-corrected chi connectivity index (χ0v) is 11.5. The van der Waals surface area contributed by atoms with E-state index in [4.69, 9.17) is 15.4 Å². The van der Waals surface area contributed by atoms with Crippen molar-refractivity contribution in [1.82, 2.24) is 0 Å². The summed E-state index contributed by atoms with van der Waals surface area (Å²) < 4.78 is 57.4. The predicted octanol–water partition coefficient (Wildman–Crippen LogP) is 1.74. The number of carbonyl (C=O) groups is 1. The fraction of sp³-hybridized carbons (Fsp3) is 0.250. The maximum Gasteiger partial charge on any atom is 0.395 e. The van der Waals surface area contributed by atoms with Crippen LogP contribution in [0.3, 0.4) is 0 Å². The Hall–Kier alpha value is -1.84. The highest BCUT2D eigenvalue weighted by Crippen LogP contribution is 2.36. The minimum atomic E-state index is -5.65. The van der Waals surface area contributed by atoms with E-state index >= 15 is 0 Å². The average Bonchev–Trinajstić information content (AvgIpc) is 2.35. The zero-order chi connectivity index (χ0) is 16.4. The van der Waals surface area contributed by atoms with Crippen LogP contribution in [-0.2, 0) is 20.2 Å². The van der Waals surface area contributed by atoms with E-state index < -0.39 is 39.4 Å². The molecule has 6 nitrogen and oxygen atoms in total. The first-order chi connectivity index (χ1) is 9.50. The number of benzene rings is 1. The molecule has 0 saturated heterocycles. The van der Waals surface area contributed by atoms with Crippen LogP contribution in [0.15, 0.2) is 24.8 Å². The number of hydrogen-bond donors (Lipinski definition) is 3. The van der Waals surface area contributed by atoms with Gasteiger partial charge in [-0.1, -0.05) is 24.8 Å². The topological polar surface area (TPSA) is 118 Å². The molecule has 0 heterocycles. The number of halogens is 2. The predicted molar refractivity (Wildman–Crippen MR) is 71.2 cm³/mol. The van der Waals surface area contributed by atoms with Gasteiger partial charge in [0, 0.05) is 11.6 Å². The van der Waals surface area contributed by atoms with Gasteiger partial charge in [0.25, 0.3) is 0 Å². The Balaban J connectivity index is 3.35. The molecule has 0 bridgehead atoms. The van der Waals surface area contributed by atoms with Crippen molar-refractivity contribution in [3.63, 3.8) is 0 Å². The summed E-state index contributed by atoms with van der Waals surface area (Å²) in [5.41, 5.74) is 4.58. The molecule has 0 aliphatic carbocycles. The fourth-order valence-corrected chi connectivity index (χ4v) is 2.15. The third-order valence-electron chi connectivity index (χ3n) is 2.76. The number of nitrogens with two attached hydrogens (primary N) is 1. The van der Waals surface area contributed by atoms with E-state index in [1.807, 2.05) is 0 Å². The van der Waals surface area contributed by atoms with Crippen LogP contribution in [0.1, 0.15) is 29.2 Å². The van der Waals surface area contributed by atoms with Crippen molar-refractivity contribution in [3.05, 3.63) is 41.5 Å². The Kier molecular flexibility index (Phi) is 4.82. The summed E-state index contributed by atoms with van der Waals surface area (Å²) in [6.07, 6.45) is 0.538. The largest absolute Gasteiger partial charge is 0.481 e. The van der Waals surface area contributed by atoms with Crippen molar-refractivity contribution < 1.29 is 31.7 Å². The lowest BCUT2D eigenvalue weighted by molar-refractivity contribution is -0.137. The molecule has 1 aromatic carbocycles. The molecule has 0 radical (unpaired) electrons. The van der Waals surface area contributed by atoms with Crippen LogP contribution in [0, 0.1) is 0 Å². The quantitative estimate of drug-likeness (QED) is 0.687. The van der Waals surface area contributed by atoms with Crippen LogP contribution >= 0.6 is 0 Å². The monoisotopic (exact) mass is 321 g/mol. The van der Waals surface area contributed by atoms with Gasteiger partial charge in [0.05, 0.1) is 6.42 Å². The van der Waals surface area contributed by atoms with E-state index in [2.05, 4.69) is 6.58 Å². The molecule has 0 aliphatic heterocycles. The number of aliphatic carboxylic acids is 1. The molecule has 0 aromatic heterocycles. The minimum absolute atomic E-state index is 0.224. The molecule has 1 atom stereocenters. The van der Waals surface area contributed by atoms with E-state index in [-0.39, 0.29) is 11.1 Å². The Morgan fingerprint density at radius 2 is 2.05 bits per heavy atom. The lowest BCUT2D eigenvalue weighted by Crippen LogP contribution is -2.26. The Morgan fingerprint density at radius 1 is 1.48 bits per heavy atom. The molecular formula is C12H13F2NO5S. The van der Waals surface area contributed by atoms with E-state index in [1.165, 1.54) is 0 Å². The normalized spacial score (nSPS) is 13.7. The van der Waals surface area contributed by atoms with E-state index in [0.717, 1.165) is 24.3 Å². The standard InChI is InChI=1S/C12H13F2NO5S/c1-2-7-5-8(10(15)6-11(16)17)3-4-9(7)12(13,14)21(18,19)20/h2-5,10H,1,6,15H2,(H,16,17)(H,18,19,20). The second-order valence-electron chi connectivity index (χ2n) is 4.25. The lowest BCUT2D eigenvalue weighted by atomic mass is 9.98. The van der Waals surface area contributed by atoms with Crippen molar-refractivity contribution in [3.8, 4) is 0 Å². The molecule has 116 valence electrons. The van der Waals surface area contributed by atoms with Gasteiger partial charge in [0.15, 0.2) is 0 Å². The summed E-state index contributed by atoms with van der Waals surface area (Å²) >= 11 is 0. The van der Waals surface area contributed by atoms with Gasteiger partial charge in [-0.05, 0) is 17.2 Å². The Morgan fingerprint density at radius 3 is 2.48 bits per heavy atom. The molecule has 21 heavy (non-hydrogen) atoms. The van der Waals surface area contributed by atoms with Gasteiger partial charge in [0.2, 0.25) is 0 Å². The summed E-state index contributed by atoms with van der Waals surface area (Å²) in [4.78, 5) is 10.6. The highest BCUT2D eigenvalue weighted by Gasteiger charge is 2.47. The van der Waals surface area contributed by atoms with Crippen molar-refractivity contribution >= 4 is 22.2 Å². The molecule has 1 aromatic rings. The van der Waals surface area contributed by atoms with Gasteiger partial charge < -0.3 is 10.8 Å². The van der Waals surface area contributed by atoms with Gasteiger partial charge in [-0.25, -0.2) is 0 Å². The van der Waals surface area contributed by atoms with Crippen LogP contribution in [0.25, 0.3) is 6.08 Å². The highest BCUT2D eigenvalue weighted by atomic mass is 32.2. The molecular weight excluding hydrogens is 308 g/mol. The molecule has 1 unspecified atom stereocenters. The van der Waals surface area contributed by atoms with Crippen LogP contribution in [0.2, 0.25) is 0 Å². The number of carboxylic acid groups (broad SMARTS) is 1. The molecule has 0 saturated carbocycles. The summed E-state index contributed by atoms with van der Waals surface area (Å²) in [6.45, 7) is 3.28. The van der Waals surface area contributed by atoms with Crippen LogP contribution < -0.4 is 5.73 Å². The van der Waals surface area contributed by atoms with Crippen LogP contribution in [-0.4, -0.2) is 24.0 Å². The molecule has 0 spiro atoms. The summed E-state index contributed by atoms with van der Waals surface area (Å²) in [5, 5.41) is 4.12. The summed E-state index contributed by atoms with van der Waals surface area (Å²) in [7, 11) is -5.65. The van der Waals surface area contributed by atoms with Crippen LogP contribution in [0.4, 0.5) is 8.78 Å². The second kappa shape index (κ2) is 5.88. The first-order valence-electron chi connectivity index (χ1n) is 5.59.